The number of nitrogens with zero attached hydrogens (tertiary/aromatic N) is 3. The third kappa shape index (κ3) is 5.32. The highest BCUT2D eigenvalue weighted by atomic mass is 32.2. The number of nitro benzene ring substituents is 1. The molecule has 1 N–H and O–H groups in total. The molecule has 0 radical (unpaired) electrons. The Morgan fingerprint density at radius 3 is 2.76 bits per heavy atom. The zero-order valence-corrected chi connectivity index (χ0v) is 16.6. The first-order chi connectivity index (χ1) is 14.0. The van der Waals surface area contributed by atoms with Crippen molar-refractivity contribution in [2.75, 3.05) is 12.9 Å². The van der Waals surface area contributed by atoms with Gasteiger partial charge in [0.1, 0.15) is 12.4 Å². The molecule has 2 aromatic carbocycles. The molecule has 0 aromatic heterocycles. The Bertz CT molecular complexity index is 1010. The Hall–Kier alpha value is -3.40. The Balaban J connectivity index is 1.76. The van der Waals surface area contributed by atoms with Gasteiger partial charge in [-0.25, -0.2) is 0 Å². The topological polar surface area (TPSA) is 115 Å². The molecule has 0 aliphatic carbocycles. The minimum absolute atomic E-state index is 0.0786. The number of aryl methyl sites for hydroxylation is 1. The Morgan fingerprint density at radius 2 is 2.07 bits per heavy atom. The second-order valence-electron chi connectivity index (χ2n) is 6.07. The van der Waals surface area contributed by atoms with Crippen LogP contribution in [0.3, 0.4) is 0 Å². The molecule has 150 valence electrons. The predicted octanol–water partition coefficient (Wildman–Crippen LogP) is 3.04. The predicted molar refractivity (Wildman–Crippen MR) is 111 cm³/mol. The number of hydrogen-bond donors (Lipinski definition) is 1. The molecule has 0 atom stereocenters. The maximum Gasteiger partial charge on any atom is 0.311 e. The summed E-state index contributed by atoms with van der Waals surface area (Å²) in [6, 6.07) is 10.1. The van der Waals surface area contributed by atoms with E-state index >= 15 is 0 Å². The van der Waals surface area contributed by atoms with E-state index in [0.717, 1.165) is 11.1 Å². The van der Waals surface area contributed by atoms with Gasteiger partial charge < -0.3 is 14.8 Å². The monoisotopic (exact) mass is 414 g/mol. The summed E-state index contributed by atoms with van der Waals surface area (Å²) < 4.78 is 11.0. The lowest BCUT2D eigenvalue weighted by Crippen LogP contribution is -2.19. The summed E-state index contributed by atoms with van der Waals surface area (Å²) in [6.45, 7) is 1.86. The second-order valence-corrected chi connectivity index (χ2v) is 7.04. The van der Waals surface area contributed by atoms with Crippen molar-refractivity contribution in [3.63, 3.8) is 0 Å². The molecule has 0 bridgehead atoms. The molecular weight excluding hydrogens is 396 g/mol. The average Bonchev–Trinajstić information content (AvgIpc) is 3.12. The summed E-state index contributed by atoms with van der Waals surface area (Å²) in [4.78, 5) is 21.9. The zero-order chi connectivity index (χ0) is 20.8. The molecule has 2 aromatic rings. The number of carbonyl (C=O) groups is 1. The normalized spacial score (nSPS) is 15.0. The number of methoxy groups -OCH3 is 1. The number of thioether (sulfide) groups is 1. The van der Waals surface area contributed by atoms with Crippen molar-refractivity contribution >= 4 is 34.7 Å². The first kappa shape index (κ1) is 20.3. The number of amides is 1. The first-order valence-corrected chi connectivity index (χ1v) is 9.53. The van der Waals surface area contributed by atoms with E-state index < -0.39 is 4.92 Å². The minimum Gasteiger partial charge on any atom is -0.496 e. The van der Waals surface area contributed by atoms with Crippen molar-refractivity contribution in [2.24, 2.45) is 10.2 Å². The Morgan fingerprint density at radius 1 is 1.28 bits per heavy atom. The van der Waals surface area contributed by atoms with Gasteiger partial charge in [0.25, 0.3) is 0 Å². The van der Waals surface area contributed by atoms with Crippen LogP contribution < -0.4 is 14.8 Å². The summed E-state index contributed by atoms with van der Waals surface area (Å²) >= 11 is 1.29. The number of nitro groups is 1. The molecule has 29 heavy (non-hydrogen) atoms. The van der Waals surface area contributed by atoms with Gasteiger partial charge in [0.15, 0.2) is 10.9 Å². The van der Waals surface area contributed by atoms with Crippen molar-refractivity contribution in [2.45, 2.75) is 13.5 Å². The molecule has 3 rings (SSSR count). The third-order valence-corrected chi connectivity index (χ3v) is 4.80. The van der Waals surface area contributed by atoms with Crippen LogP contribution in [0.1, 0.15) is 16.7 Å². The Labute approximate surface area is 171 Å². The van der Waals surface area contributed by atoms with Crippen LogP contribution in [-0.2, 0) is 11.4 Å². The van der Waals surface area contributed by atoms with E-state index in [1.807, 2.05) is 0 Å². The molecule has 1 saturated heterocycles. The van der Waals surface area contributed by atoms with Crippen LogP contribution in [0, 0.1) is 17.0 Å². The number of ether oxygens (including phenoxy) is 2. The SMILES string of the molecule is COc1ccc(C=NN=C2NC(=O)CS2)cc1COc1ccc(C)cc1[N+](=O)[O-]. The summed E-state index contributed by atoms with van der Waals surface area (Å²) in [7, 11) is 1.53. The smallest absolute Gasteiger partial charge is 0.311 e. The lowest BCUT2D eigenvalue weighted by molar-refractivity contribution is -0.386. The highest BCUT2D eigenvalue weighted by molar-refractivity contribution is 8.15. The average molecular weight is 414 g/mol. The Kier molecular flexibility index (Phi) is 6.45. The van der Waals surface area contributed by atoms with Crippen molar-refractivity contribution < 1.29 is 19.2 Å². The minimum atomic E-state index is -0.471. The molecular formula is C19H18N4O5S. The largest absolute Gasteiger partial charge is 0.496 e. The summed E-state index contributed by atoms with van der Waals surface area (Å²) in [5.74, 6) is 1.01. The number of hydrogen-bond acceptors (Lipinski definition) is 8. The third-order valence-electron chi connectivity index (χ3n) is 3.94. The lowest BCUT2D eigenvalue weighted by atomic mass is 10.1. The fourth-order valence-corrected chi connectivity index (χ4v) is 3.20. The van der Waals surface area contributed by atoms with Gasteiger partial charge in [0.2, 0.25) is 5.91 Å². The van der Waals surface area contributed by atoms with Crippen LogP contribution in [-0.4, -0.2) is 35.1 Å². The summed E-state index contributed by atoms with van der Waals surface area (Å²) in [5.41, 5.74) is 2.12. The van der Waals surface area contributed by atoms with Crippen LogP contribution in [0.4, 0.5) is 5.69 Å². The standard InChI is InChI=1S/C19H18N4O5S/c1-12-3-5-17(15(7-12)23(25)26)28-10-14-8-13(4-6-16(14)27-2)9-20-22-19-21-18(24)11-29-19/h3-9H,10-11H2,1-2H3,(H,21,22,24). The molecule has 0 saturated carbocycles. The number of benzene rings is 2. The number of carbonyl (C=O) groups excluding carboxylic acids is 1. The highest BCUT2D eigenvalue weighted by Gasteiger charge is 2.17. The van der Waals surface area contributed by atoms with Crippen LogP contribution in [0.2, 0.25) is 0 Å². The molecule has 9 nitrogen and oxygen atoms in total. The van der Waals surface area contributed by atoms with E-state index in [4.69, 9.17) is 9.47 Å². The van der Waals surface area contributed by atoms with Crippen LogP contribution in [0.15, 0.2) is 46.6 Å². The van der Waals surface area contributed by atoms with Crippen LogP contribution >= 0.6 is 11.8 Å². The number of nitrogens with one attached hydrogen (secondary N) is 1. The van der Waals surface area contributed by atoms with E-state index in [0.29, 0.717) is 22.2 Å². The van der Waals surface area contributed by atoms with Gasteiger partial charge in [-0.2, -0.15) is 5.10 Å². The molecule has 1 amide bonds. The van der Waals surface area contributed by atoms with Gasteiger partial charge in [-0.05, 0) is 42.3 Å². The van der Waals surface area contributed by atoms with Crippen molar-refractivity contribution in [1.29, 1.82) is 0 Å². The lowest BCUT2D eigenvalue weighted by Gasteiger charge is -2.11. The fraction of sp³-hybridized carbons (Fsp3) is 0.211. The van der Waals surface area contributed by atoms with Gasteiger partial charge >= 0.3 is 5.69 Å². The molecule has 0 spiro atoms. The van der Waals surface area contributed by atoms with E-state index in [2.05, 4.69) is 15.5 Å². The molecule has 10 heteroatoms. The van der Waals surface area contributed by atoms with Gasteiger partial charge in [0.05, 0.1) is 24.0 Å². The van der Waals surface area contributed by atoms with E-state index in [1.165, 1.54) is 31.2 Å². The van der Waals surface area contributed by atoms with Gasteiger partial charge in [0, 0.05) is 11.6 Å². The van der Waals surface area contributed by atoms with Crippen LogP contribution in [0.5, 0.6) is 11.5 Å². The highest BCUT2D eigenvalue weighted by Crippen LogP contribution is 2.29. The van der Waals surface area contributed by atoms with E-state index in [-0.39, 0.29) is 24.0 Å². The summed E-state index contributed by atoms with van der Waals surface area (Å²) in [5, 5.41) is 22.2. The van der Waals surface area contributed by atoms with E-state index in [1.54, 1.807) is 37.3 Å². The van der Waals surface area contributed by atoms with Crippen LogP contribution in [0.25, 0.3) is 0 Å². The summed E-state index contributed by atoms with van der Waals surface area (Å²) in [6.07, 6.45) is 1.54. The quantitative estimate of drug-likeness (QED) is 0.423. The zero-order valence-electron chi connectivity index (χ0n) is 15.7. The van der Waals surface area contributed by atoms with E-state index in [9.17, 15) is 14.9 Å². The molecule has 1 heterocycles. The maximum atomic E-state index is 11.3. The molecule has 1 aliphatic rings. The maximum absolute atomic E-state index is 11.3. The molecule has 1 aliphatic heterocycles. The number of amidine groups is 1. The van der Waals surface area contributed by atoms with Gasteiger partial charge in [-0.15, -0.1) is 5.10 Å². The molecule has 0 unspecified atom stereocenters. The van der Waals surface area contributed by atoms with Gasteiger partial charge in [-0.3, -0.25) is 14.9 Å². The number of rotatable bonds is 7. The first-order valence-electron chi connectivity index (χ1n) is 8.54. The second kappa shape index (κ2) is 9.20. The van der Waals surface area contributed by atoms with Crippen molar-refractivity contribution in [3.05, 3.63) is 63.2 Å². The van der Waals surface area contributed by atoms with Crippen molar-refractivity contribution in [3.8, 4) is 11.5 Å². The fourth-order valence-electron chi connectivity index (χ4n) is 2.57. The van der Waals surface area contributed by atoms with Crippen molar-refractivity contribution in [1.82, 2.24) is 5.32 Å². The molecule has 1 fully saturated rings. The van der Waals surface area contributed by atoms with Gasteiger partial charge in [-0.1, -0.05) is 17.8 Å².